The van der Waals surface area contributed by atoms with E-state index in [1.165, 1.54) is 0 Å². The quantitative estimate of drug-likeness (QED) is 0.636. The Morgan fingerprint density at radius 1 is 1.28 bits per heavy atom. The Labute approximate surface area is 169 Å². The van der Waals surface area contributed by atoms with Crippen molar-refractivity contribution in [3.05, 3.63) is 47.9 Å². The number of likely N-dealkylation sites (tertiary alicyclic amines) is 1. The Morgan fingerprint density at radius 2 is 2.07 bits per heavy atom. The smallest absolute Gasteiger partial charge is 0.280 e. The fourth-order valence-corrected chi connectivity index (χ4v) is 3.74. The van der Waals surface area contributed by atoms with Crippen LogP contribution in [0.5, 0.6) is 0 Å². The van der Waals surface area contributed by atoms with E-state index in [1.807, 2.05) is 60.0 Å². The predicted octanol–water partition coefficient (Wildman–Crippen LogP) is 3.42. The number of amides is 1. The van der Waals surface area contributed by atoms with Crippen LogP contribution in [0, 0.1) is 0 Å². The molecule has 0 saturated carbocycles. The van der Waals surface area contributed by atoms with Crippen molar-refractivity contribution in [1.29, 1.82) is 0 Å². The highest BCUT2D eigenvalue weighted by atomic mass is 16.5. The average molecular weight is 394 g/mol. The lowest BCUT2D eigenvalue weighted by Gasteiger charge is -2.23. The average Bonchev–Trinajstić information content (AvgIpc) is 3.48. The Bertz CT molecular complexity index is 964. The van der Waals surface area contributed by atoms with Crippen LogP contribution in [0.25, 0.3) is 11.6 Å². The van der Waals surface area contributed by atoms with Crippen molar-refractivity contribution in [3.63, 3.8) is 0 Å². The van der Waals surface area contributed by atoms with Crippen LogP contribution in [0.2, 0.25) is 0 Å². The Balaban J connectivity index is 1.44. The molecule has 0 spiro atoms. The molecule has 152 valence electrons. The number of hydrogen-bond donors (Lipinski definition) is 0. The molecule has 1 aromatic carbocycles. The maximum atomic E-state index is 13.1. The van der Waals surface area contributed by atoms with Gasteiger partial charge in [0.05, 0.1) is 18.2 Å². The molecule has 2 unspecified atom stereocenters. The van der Waals surface area contributed by atoms with E-state index in [-0.39, 0.29) is 23.8 Å². The second kappa shape index (κ2) is 8.14. The van der Waals surface area contributed by atoms with Gasteiger partial charge in [0.25, 0.3) is 5.89 Å². The summed E-state index contributed by atoms with van der Waals surface area (Å²) in [5, 5.41) is 12.4. The first-order chi connectivity index (χ1) is 14.1. The molecule has 1 aliphatic rings. The van der Waals surface area contributed by atoms with E-state index in [2.05, 4.69) is 27.4 Å². The van der Waals surface area contributed by atoms with Crippen molar-refractivity contribution in [2.24, 2.45) is 0 Å². The molecule has 2 aromatic heterocycles. The number of benzene rings is 1. The molecule has 3 heterocycles. The van der Waals surface area contributed by atoms with E-state index in [1.54, 1.807) is 0 Å². The molecule has 1 fully saturated rings. The maximum absolute atomic E-state index is 13.1. The van der Waals surface area contributed by atoms with Gasteiger partial charge in [-0.05, 0) is 18.4 Å². The van der Waals surface area contributed by atoms with Crippen molar-refractivity contribution >= 4 is 5.91 Å². The fourth-order valence-electron chi connectivity index (χ4n) is 3.74. The lowest BCUT2D eigenvalue weighted by Crippen LogP contribution is -2.33. The van der Waals surface area contributed by atoms with Gasteiger partial charge < -0.3 is 9.42 Å². The van der Waals surface area contributed by atoms with Gasteiger partial charge >= 0.3 is 0 Å². The van der Waals surface area contributed by atoms with Gasteiger partial charge in [-0.3, -0.25) is 4.79 Å². The molecular formula is C21H26N6O2. The molecule has 0 bridgehead atoms. The first kappa shape index (κ1) is 19.3. The fraction of sp³-hybridized carbons (Fsp3) is 0.476. The van der Waals surface area contributed by atoms with Crippen LogP contribution in [0.1, 0.15) is 62.9 Å². The largest absolute Gasteiger partial charge is 0.340 e. The topological polar surface area (TPSA) is 89.9 Å². The van der Waals surface area contributed by atoms with Crippen LogP contribution in [-0.2, 0) is 4.79 Å². The van der Waals surface area contributed by atoms with E-state index in [0.29, 0.717) is 24.0 Å². The number of hydrogen-bond acceptors (Lipinski definition) is 6. The molecule has 0 aliphatic carbocycles. The highest BCUT2D eigenvalue weighted by Gasteiger charge is 2.32. The van der Waals surface area contributed by atoms with Gasteiger partial charge in [0.2, 0.25) is 5.91 Å². The van der Waals surface area contributed by atoms with Gasteiger partial charge in [-0.2, -0.15) is 4.98 Å². The molecule has 2 atom stereocenters. The van der Waals surface area contributed by atoms with E-state index in [4.69, 9.17) is 4.52 Å². The van der Waals surface area contributed by atoms with Crippen molar-refractivity contribution < 1.29 is 9.32 Å². The molecule has 29 heavy (non-hydrogen) atoms. The number of carbonyl (C=O) groups is 1. The molecule has 1 amide bonds. The summed E-state index contributed by atoms with van der Waals surface area (Å²) >= 11 is 0. The van der Waals surface area contributed by atoms with Crippen LogP contribution in [0.3, 0.4) is 0 Å². The Kier molecular flexibility index (Phi) is 5.42. The molecule has 4 rings (SSSR count). The molecule has 1 aliphatic heterocycles. The second-order valence-corrected chi connectivity index (χ2v) is 7.79. The summed E-state index contributed by atoms with van der Waals surface area (Å²) in [4.78, 5) is 19.4. The van der Waals surface area contributed by atoms with Crippen molar-refractivity contribution in [2.75, 3.05) is 13.1 Å². The van der Waals surface area contributed by atoms with Gasteiger partial charge in [0.15, 0.2) is 11.5 Å². The summed E-state index contributed by atoms with van der Waals surface area (Å²) in [5.74, 6) is 1.29. The zero-order valence-electron chi connectivity index (χ0n) is 17.0. The summed E-state index contributed by atoms with van der Waals surface area (Å²) in [6.45, 7) is 7.43. The van der Waals surface area contributed by atoms with Crippen LogP contribution >= 0.6 is 0 Å². The van der Waals surface area contributed by atoms with Crippen LogP contribution in [0.4, 0.5) is 0 Å². The standard InChI is InChI=1S/C21H26N6O2/c1-4-17(15-8-6-5-7-9-15)21(28)26-11-10-16(12-26)27-13-18(23-25-27)20-22-19(14(2)3)24-29-20/h5-9,13-14,16-17H,4,10-12H2,1-3H3. The second-order valence-electron chi connectivity index (χ2n) is 7.79. The third-order valence-electron chi connectivity index (χ3n) is 5.44. The van der Waals surface area contributed by atoms with Crippen LogP contribution < -0.4 is 0 Å². The van der Waals surface area contributed by atoms with E-state index in [9.17, 15) is 4.79 Å². The molecule has 8 nitrogen and oxygen atoms in total. The molecule has 8 heteroatoms. The Hall–Kier alpha value is -3.03. The third kappa shape index (κ3) is 3.92. The van der Waals surface area contributed by atoms with Gasteiger partial charge in [-0.25, -0.2) is 4.68 Å². The zero-order chi connectivity index (χ0) is 20.4. The number of aromatic nitrogens is 5. The summed E-state index contributed by atoms with van der Waals surface area (Å²) < 4.78 is 7.11. The number of carbonyl (C=O) groups excluding carboxylic acids is 1. The minimum absolute atomic E-state index is 0.0981. The minimum Gasteiger partial charge on any atom is -0.340 e. The Morgan fingerprint density at radius 3 is 2.76 bits per heavy atom. The molecule has 0 N–H and O–H groups in total. The number of nitrogens with zero attached hydrogens (tertiary/aromatic N) is 6. The van der Waals surface area contributed by atoms with Gasteiger partial charge in [-0.1, -0.05) is 61.5 Å². The normalized spacial score (nSPS) is 17.8. The predicted molar refractivity (Wildman–Crippen MR) is 107 cm³/mol. The lowest BCUT2D eigenvalue weighted by atomic mass is 9.95. The monoisotopic (exact) mass is 394 g/mol. The first-order valence-electron chi connectivity index (χ1n) is 10.2. The SMILES string of the molecule is CCC(C(=O)N1CCC(n2cc(-c3nc(C(C)C)no3)nn2)C1)c1ccccc1. The summed E-state index contributed by atoms with van der Waals surface area (Å²) in [6, 6.07) is 10.1. The van der Waals surface area contributed by atoms with Crippen molar-refractivity contribution in [1.82, 2.24) is 30.0 Å². The molecule has 0 radical (unpaired) electrons. The van der Waals surface area contributed by atoms with Crippen LogP contribution in [0.15, 0.2) is 41.1 Å². The van der Waals surface area contributed by atoms with E-state index in [0.717, 1.165) is 24.9 Å². The zero-order valence-corrected chi connectivity index (χ0v) is 17.0. The summed E-state index contributed by atoms with van der Waals surface area (Å²) in [5.41, 5.74) is 1.63. The third-order valence-corrected chi connectivity index (χ3v) is 5.44. The minimum atomic E-state index is -0.103. The molecular weight excluding hydrogens is 368 g/mol. The maximum Gasteiger partial charge on any atom is 0.280 e. The van der Waals surface area contributed by atoms with Crippen molar-refractivity contribution in [3.8, 4) is 11.6 Å². The van der Waals surface area contributed by atoms with Gasteiger partial charge in [-0.15, -0.1) is 5.10 Å². The van der Waals surface area contributed by atoms with E-state index < -0.39 is 0 Å². The van der Waals surface area contributed by atoms with Crippen molar-refractivity contribution in [2.45, 2.75) is 51.5 Å². The molecule has 1 saturated heterocycles. The highest BCUT2D eigenvalue weighted by Crippen LogP contribution is 2.28. The summed E-state index contributed by atoms with van der Waals surface area (Å²) in [6.07, 6.45) is 3.46. The lowest BCUT2D eigenvalue weighted by molar-refractivity contribution is -0.132. The highest BCUT2D eigenvalue weighted by molar-refractivity contribution is 5.84. The van der Waals surface area contributed by atoms with Gasteiger partial charge in [0.1, 0.15) is 0 Å². The number of rotatable bonds is 6. The van der Waals surface area contributed by atoms with Gasteiger partial charge in [0, 0.05) is 19.0 Å². The van der Waals surface area contributed by atoms with E-state index >= 15 is 0 Å². The first-order valence-corrected chi connectivity index (χ1v) is 10.2. The molecule has 3 aromatic rings. The summed E-state index contributed by atoms with van der Waals surface area (Å²) in [7, 11) is 0. The van der Waals surface area contributed by atoms with Crippen LogP contribution in [-0.4, -0.2) is 49.0 Å².